The van der Waals surface area contributed by atoms with Crippen LogP contribution in [-0.2, 0) is 7.05 Å². The summed E-state index contributed by atoms with van der Waals surface area (Å²) in [4.78, 5) is 30.3. The Morgan fingerprint density at radius 1 is 1.20 bits per heavy atom. The first-order chi connectivity index (χ1) is 14.5. The zero-order valence-electron chi connectivity index (χ0n) is 16.8. The first kappa shape index (κ1) is 19.6. The fraction of sp³-hybridized carbons (Fsp3) is 0.286. The van der Waals surface area contributed by atoms with Crippen LogP contribution >= 0.6 is 0 Å². The number of aryl methyl sites for hydroxylation is 1. The van der Waals surface area contributed by atoms with Crippen molar-refractivity contribution < 1.29 is 9.53 Å². The standard InChI is InChI=1S/C21H22N6O3/c1-26-13-16(18(30-2)9-20(26)28)21(29)23-10-14-11-27(12-14)19-4-3-17(24-25-19)15-5-7-22-8-6-15/h3-9,13-14H,10-12H2,1-2H3,(H,23,29). The molecule has 1 aliphatic heterocycles. The van der Waals surface area contributed by atoms with Crippen LogP contribution in [0.1, 0.15) is 10.4 Å². The normalized spacial score (nSPS) is 13.6. The third kappa shape index (κ3) is 4.00. The van der Waals surface area contributed by atoms with E-state index >= 15 is 0 Å². The number of rotatable bonds is 6. The Labute approximate surface area is 173 Å². The smallest absolute Gasteiger partial charge is 0.256 e. The molecule has 0 spiro atoms. The quantitative estimate of drug-likeness (QED) is 0.654. The minimum Gasteiger partial charge on any atom is -0.496 e. The third-order valence-corrected chi connectivity index (χ3v) is 5.11. The number of carbonyl (C=O) groups is 1. The first-order valence-electron chi connectivity index (χ1n) is 9.57. The molecule has 3 aromatic heterocycles. The molecule has 0 aromatic carbocycles. The van der Waals surface area contributed by atoms with Gasteiger partial charge in [-0.25, -0.2) is 0 Å². The average Bonchev–Trinajstić information content (AvgIpc) is 2.75. The Kier molecular flexibility index (Phi) is 5.42. The van der Waals surface area contributed by atoms with Crippen molar-refractivity contribution in [3.63, 3.8) is 0 Å². The molecule has 4 rings (SSSR count). The molecular weight excluding hydrogens is 384 g/mol. The van der Waals surface area contributed by atoms with Gasteiger partial charge in [-0.3, -0.25) is 14.6 Å². The van der Waals surface area contributed by atoms with E-state index in [1.807, 2.05) is 24.3 Å². The van der Waals surface area contributed by atoms with E-state index in [4.69, 9.17) is 4.74 Å². The summed E-state index contributed by atoms with van der Waals surface area (Å²) in [5, 5.41) is 11.5. The summed E-state index contributed by atoms with van der Waals surface area (Å²) in [6.45, 7) is 2.10. The van der Waals surface area contributed by atoms with Crippen molar-refractivity contribution in [2.75, 3.05) is 31.6 Å². The topological polar surface area (TPSA) is 102 Å². The first-order valence-corrected chi connectivity index (χ1v) is 9.57. The molecule has 154 valence electrons. The van der Waals surface area contributed by atoms with Crippen molar-refractivity contribution in [3.8, 4) is 17.0 Å². The highest BCUT2D eigenvalue weighted by Crippen LogP contribution is 2.24. The van der Waals surface area contributed by atoms with Gasteiger partial charge in [-0.15, -0.1) is 10.2 Å². The molecule has 0 aliphatic carbocycles. The number of aromatic nitrogens is 4. The highest BCUT2D eigenvalue weighted by molar-refractivity contribution is 5.96. The van der Waals surface area contributed by atoms with Gasteiger partial charge in [-0.05, 0) is 24.3 Å². The molecule has 1 saturated heterocycles. The Morgan fingerprint density at radius 2 is 1.97 bits per heavy atom. The summed E-state index contributed by atoms with van der Waals surface area (Å²) < 4.78 is 6.52. The van der Waals surface area contributed by atoms with E-state index in [1.165, 1.54) is 23.9 Å². The number of hydrogen-bond donors (Lipinski definition) is 1. The number of ether oxygens (including phenoxy) is 1. The lowest BCUT2D eigenvalue weighted by Gasteiger charge is -2.39. The molecule has 4 heterocycles. The largest absolute Gasteiger partial charge is 0.496 e. The van der Waals surface area contributed by atoms with Gasteiger partial charge in [0, 0.05) is 62.8 Å². The van der Waals surface area contributed by atoms with Crippen LogP contribution in [0, 0.1) is 5.92 Å². The number of nitrogens with one attached hydrogen (secondary N) is 1. The van der Waals surface area contributed by atoms with Crippen molar-refractivity contribution >= 4 is 11.7 Å². The van der Waals surface area contributed by atoms with E-state index in [0.29, 0.717) is 18.0 Å². The lowest BCUT2D eigenvalue weighted by Crippen LogP contribution is -2.52. The predicted molar refractivity (Wildman–Crippen MR) is 112 cm³/mol. The van der Waals surface area contributed by atoms with Crippen LogP contribution in [-0.4, -0.2) is 52.4 Å². The Morgan fingerprint density at radius 3 is 2.63 bits per heavy atom. The molecule has 1 fully saturated rings. The van der Waals surface area contributed by atoms with Crippen molar-refractivity contribution in [3.05, 3.63) is 64.8 Å². The Balaban J connectivity index is 1.31. The van der Waals surface area contributed by atoms with Crippen molar-refractivity contribution in [2.24, 2.45) is 13.0 Å². The van der Waals surface area contributed by atoms with Gasteiger partial charge in [0.2, 0.25) is 0 Å². The van der Waals surface area contributed by atoms with E-state index in [9.17, 15) is 9.59 Å². The molecular formula is C21H22N6O3. The Hall–Kier alpha value is -3.75. The zero-order valence-corrected chi connectivity index (χ0v) is 16.8. The molecule has 0 unspecified atom stereocenters. The lowest BCUT2D eigenvalue weighted by atomic mass is 10.00. The predicted octanol–water partition coefficient (Wildman–Crippen LogP) is 1.11. The van der Waals surface area contributed by atoms with E-state index < -0.39 is 0 Å². The molecule has 30 heavy (non-hydrogen) atoms. The molecule has 9 nitrogen and oxygen atoms in total. The van der Waals surface area contributed by atoms with Crippen LogP contribution in [0.5, 0.6) is 5.75 Å². The van der Waals surface area contributed by atoms with Crippen LogP contribution < -0.4 is 20.5 Å². The van der Waals surface area contributed by atoms with Crippen molar-refractivity contribution in [1.29, 1.82) is 0 Å². The van der Waals surface area contributed by atoms with E-state index in [-0.39, 0.29) is 17.2 Å². The fourth-order valence-corrected chi connectivity index (χ4v) is 3.34. The maximum atomic E-state index is 12.5. The zero-order chi connectivity index (χ0) is 21.1. The number of hydrogen-bond acceptors (Lipinski definition) is 7. The monoisotopic (exact) mass is 406 g/mol. The maximum absolute atomic E-state index is 12.5. The summed E-state index contributed by atoms with van der Waals surface area (Å²) in [7, 11) is 3.04. The van der Waals surface area contributed by atoms with Crippen LogP contribution in [0.25, 0.3) is 11.3 Å². The molecule has 0 radical (unpaired) electrons. The molecule has 1 aliphatic rings. The minimum atomic E-state index is -0.262. The van der Waals surface area contributed by atoms with Crippen LogP contribution in [0.2, 0.25) is 0 Å². The van der Waals surface area contributed by atoms with E-state index in [0.717, 1.165) is 30.2 Å². The summed E-state index contributed by atoms with van der Waals surface area (Å²) in [6, 6.07) is 9.00. The van der Waals surface area contributed by atoms with Crippen LogP contribution in [0.4, 0.5) is 5.82 Å². The number of carbonyl (C=O) groups excluding carboxylic acids is 1. The average molecular weight is 406 g/mol. The van der Waals surface area contributed by atoms with Gasteiger partial charge < -0.3 is 19.5 Å². The molecule has 0 saturated carbocycles. The summed E-state index contributed by atoms with van der Waals surface area (Å²) in [5.74, 6) is 1.14. The third-order valence-electron chi connectivity index (χ3n) is 5.11. The van der Waals surface area contributed by atoms with Gasteiger partial charge in [0.15, 0.2) is 5.82 Å². The second-order valence-electron chi connectivity index (χ2n) is 7.20. The highest BCUT2D eigenvalue weighted by Gasteiger charge is 2.28. The van der Waals surface area contributed by atoms with Crippen molar-refractivity contribution in [1.82, 2.24) is 25.1 Å². The summed E-state index contributed by atoms with van der Waals surface area (Å²) >= 11 is 0. The van der Waals surface area contributed by atoms with Gasteiger partial charge in [-0.1, -0.05) is 0 Å². The fourth-order valence-electron chi connectivity index (χ4n) is 3.34. The number of anilines is 1. The molecule has 1 amide bonds. The molecule has 0 bridgehead atoms. The molecule has 3 aromatic rings. The number of amides is 1. The summed E-state index contributed by atoms with van der Waals surface area (Å²) in [6.07, 6.45) is 4.94. The van der Waals surface area contributed by atoms with Gasteiger partial charge >= 0.3 is 0 Å². The second-order valence-corrected chi connectivity index (χ2v) is 7.20. The number of nitrogens with zero attached hydrogens (tertiary/aromatic N) is 5. The van der Waals surface area contributed by atoms with Gasteiger partial charge in [0.1, 0.15) is 5.75 Å². The minimum absolute atomic E-state index is 0.228. The van der Waals surface area contributed by atoms with Crippen molar-refractivity contribution in [2.45, 2.75) is 0 Å². The highest BCUT2D eigenvalue weighted by atomic mass is 16.5. The second kappa shape index (κ2) is 8.32. The molecule has 9 heteroatoms. The van der Waals surface area contributed by atoms with Crippen LogP contribution in [0.15, 0.2) is 53.7 Å². The van der Waals surface area contributed by atoms with Gasteiger partial charge in [-0.2, -0.15) is 0 Å². The maximum Gasteiger partial charge on any atom is 0.256 e. The SMILES string of the molecule is COc1cc(=O)n(C)cc1C(=O)NCC1CN(c2ccc(-c3ccncc3)nn2)C1. The van der Waals surface area contributed by atoms with Gasteiger partial charge in [0.05, 0.1) is 18.4 Å². The number of methoxy groups -OCH3 is 1. The molecule has 1 N–H and O–H groups in total. The molecule has 0 atom stereocenters. The van der Waals surface area contributed by atoms with E-state index in [2.05, 4.69) is 25.4 Å². The van der Waals surface area contributed by atoms with E-state index in [1.54, 1.807) is 19.4 Å². The van der Waals surface area contributed by atoms with Crippen LogP contribution in [0.3, 0.4) is 0 Å². The Bertz CT molecular complexity index is 1090. The summed E-state index contributed by atoms with van der Waals surface area (Å²) in [5.41, 5.74) is 1.89. The number of pyridine rings is 2. The lowest BCUT2D eigenvalue weighted by molar-refractivity contribution is 0.0940. The van der Waals surface area contributed by atoms with Gasteiger partial charge in [0.25, 0.3) is 11.5 Å².